The van der Waals surface area contributed by atoms with Crippen LogP contribution in [-0.2, 0) is 0 Å². The highest BCUT2D eigenvalue weighted by Crippen LogP contribution is 1.90. The van der Waals surface area contributed by atoms with E-state index in [1.54, 1.807) is 11.8 Å². The van der Waals surface area contributed by atoms with Crippen molar-refractivity contribution in [2.45, 2.75) is 0 Å². The minimum atomic E-state index is 0.671. The lowest BCUT2D eigenvalue weighted by molar-refractivity contribution is 1.26. The summed E-state index contributed by atoms with van der Waals surface area (Å²) in [5, 5.41) is 2.29. The second-order valence-corrected chi connectivity index (χ2v) is 2.45. The van der Waals surface area contributed by atoms with Crippen LogP contribution in [0.4, 0.5) is 0 Å². The fourth-order valence-corrected chi connectivity index (χ4v) is 0.732. The van der Waals surface area contributed by atoms with Crippen molar-refractivity contribution < 1.29 is 0 Å². The molecule has 0 spiro atoms. The van der Waals surface area contributed by atoms with Gasteiger partial charge in [-0.2, -0.15) is 11.8 Å². The Morgan fingerprint density at radius 2 is 2.44 bits per heavy atom. The summed E-state index contributed by atoms with van der Waals surface area (Å²) in [5.74, 6) is 1.05. The third-order valence-corrected chi connectivity index (χ3v) is 1.35. The number of thioether (sulfide) groups is 1. The summed E-state index contributed by atoms with van der Waals surface area (Å²) in [4.78, 5) is 3.71. The molecular formula is C6H9NS2. The third-order valence-electron chi connectivity index (χ3n) is 0.691. The van der Waals surface area contributed by atoms with Crippen LogP contribution >= 0.6 is 24.0 Å². The molecule has 0 fully saturated rings. The Hall–Kier alpha value is -0.110. The van der Waals surface area contributed by atoms with E-state index in [0.717, 1.165) is 5.75 Å². The van der Waals surface area contributed by atoms with Crippen LogP contribution < -0.4 is 0 Å². The van der Waals surface area contributed by atoms with Crippen LogP contribution in [0.5, 0.6) is 0 Å². The van der Waals surface area contributed by atoms with Crippen molar-refractivity contribution in [3.8, 4) is 0 Å². The third kappa shape index (κ3) is 7.89. The Morgan fingerprint density at radius 1 is 1.67 bits per heavy atom. The summed E-state index contributed by atoms with van der Waals surface area (Å²) >= 11 is 6.16. The molecular weight excluding hydrogens is 150 g/mol. The van der Waals surface area contributed by atoms with Gasteiger partial charge in [-0.05, 0) is 18.5 Å². The van der Waals surface area contributed by atoms with Crippen LogP contribution in [0.2, 0.25) is 0 Å². The highest BCUT2D eigenvalue weighted by Gasteiger charge is 1.70. The number of thiocarbonyl (C=S) groups is 1. The number of hydrogen-bond acceptors (Lipinski definition) is 3. The molecule has 0 unspecified atom stereocenters. The molecule has 0 amide bonds. The van der Waals surface area contributed by atoms with Crippen LogP contribution in [0.3, 0.4) is 0 Å². The fourth-order valence-electron chi connectivity index (χ4n) is 0.329. The molecule has 0 saturated carbocycles. The zero-order chi connectivity index (χ0) is 6.95. The summed E-state index contributed by atoms with van der Waals surface area (Å²) in [6.07, 6.45) is 6.11. The van der Waals surface area contributed by atoms with Crippen LogP contribution in [0.1, 0.15) is 0 Å². The molecule has 3 heteroatoms. The topological polar surface area (TPSA) is 12.4 Å². The largest absolute Gasteiger partial charge is 0.228 e. The number of aliphatic imine (C=N–C) groups is 1. The molecule has 9 heavy (non-hydrogen) atoms. The van der Waals surface area contributed by atoms with Crippen LogP contribution in [0.15, 0.2) is 17.1 Å². The van der Waals surface area contributed by atoms with Gasteiger partial charge < -0.3 is 0 Å². The maximum absolute atomic E-state index is 4.37. The van der Waals surface area contributed by atoms with Crippen molar-refractivity contribution in [2.75, 3.05) is 18.6 Å². The molecule has 0 atom stereocenters. The van der Waals surface area contributed by atoms with E-state index in [-0.39, 0.29) is 0 Å². The molecule has 0 heterocycles. The summed E-state index contributed by atoms with van der Waals surface area (Å²) in [7, 11) is 0. The van der Waals surface area contributed by atoms with Crippen molar-refractivity contribution in [1.82, 2.24) is 0 Å². The van der Waals surface area contributed by atoms with Crippen LogP contribution in [0.25, 0.3) is 0 Å². The molecule has 0 radical (unpaired) electrons. The van der Waals surface area contributed by atoms with Gasteiger partial charge in [-0.1, -0.05) is 12.2 Å². The zero-order valence-corrected chi connectivity index (χ0v) is 6.97. The van der Waals surface area contributed by atoms with Gasteiger partial charge in [0.05, 0.1) is 11.7 Å². The molecule has 0 aromatic carbocycles. The Kier molecular flexibility index (Phi) is 7.79. The second-order valence-electron chi connectivity index (χ2n) is 1.36. The Balaban J connectivity index is 3.14. The monoisotopic (exact) mass is 159 g/mol. The summed E-state index contributed by atoms with van der Waals surface area (Å²) in [6.45, 7) is 0.671. The molecule has 0 bridgehead atoms. The van der Waals surface area contributed by atoms with Crippen molar-refractivity contribution in [1.29, 1.82) is 0 Å². The SMILES string of the molecule is CSCC=CCN=C=S. The number of isothiocyanates is 1. The van der Waals surface area contributed by atoms with E-state index in [2.05, 4.69) is 34.7 Å². The molecule has 0 aliphatic heterocycles. The first kappa shape index (κ1) is 8.89. The average molecular weight is 159 g/mol. The smallest absolute Gasteiger partial charge is 0.0674 e. The van der Waals surface area contributed by atoms with E-state index >= 15 is 0 Å². The average Bonchev–Trinajstić information content (AvgIpc) is 1.89. The fraction of sp³-hybridized carbons (Fsp3) is 0.500. The van der Waals surface area contributed by atoms with Gasteiger partial charge in [0.2, 0.25) is 0 Å². The van der Waals surface area contributed by atoms with Crippen LogP contribution in [-0.4, -0.2) is 23.7 Å². The summed E-state index contributed by atoms with van der Waals surface area (Å²) in [6, 6.07) is 0. The molecule has 1 nitrogen and oxygen atoms in total. The van der Waals surface area contributed by atoms with Gasteiger partial charge in [0.25, 0.3) is 0 Å². The first-order valence-corrected chi connectivity index (χ1v) is 4.39. The highest BCUT2D eigenvalue weighted by molar-refractivity contribution is 7.98. The van der Waals surface area contributed by atoms with E-state index in [0.29, 0.717) is 6.54 Å². The zero-order valence-electron chi connectivity index (χ0n) is 5.33. The minimum Gasteiger partial charge on any atom is -0.228 e. The molecule has 0 aliphatic carbocycles. The molecule has 0 aromatic heterocycles. The predicted molar refractivity (Wildman–Crippen MR) is 47.4 cm³/mol. The molecule has 50 valence electrons. The highest BCUT2D eigenvalue weighted by atomic mass is 32.2. The van der Waals surface area contributed by atoms with Crippen molar-refractivity contribution in [2.24, 2.45) is 4.99 Å². The number of hydrogen-bond donors (Lipinski definition) is 0. The molecule has 0 aliphatic rings. The molecule has 0 rings (SSSR count). The molecule has 0 N–H and O–H groups in total. The predicted octanol–water partition coefficient (Wildman–Crippen LogP) is 2.01. The van der Waals surface area contributed by atoms with Gasteiger partial charge in [0.1, 0.15) is 0 Å². The van der Waals surface area contributed by atoms with Gasteiger partial charge in [0.15, 0.2) is 0 Å². The standard InChI is InChI=1S/C6H9NS2/c1-9-5-3-2-4-7-6-8/h2-3H,4-5H2,1H3. The molecule has 0 aromatic rings. The maximum Gasteiger partial charge on any atom is 0.0674 e. The Bertz CT molecular complexity index is 125. The van der Waals surface area contributed by atoms with Crippen molar-refractivity contribution in [3.63, 3.8) is 0 Å². The first-order chi connectivity index (χ1) is 4.41. The molecule has 0 saturated heterocycles. The van der Waals surface area contributed by atoms with Gasteiger partial charge in [-0.3, -0.25) is 0 Å². The minimum absolute atomic E-state index is 0.671. The van der Waals surface area contributed by atoms with Gasteiger partial charge in [-0.15, -0.1) is 0 Å². The van der Waals surface area contributed by atoms with E-state index in [4.69, 9.17) is 0 Å². The van der Waals surface area contributed by atoms with Crippen LogP contribution in [0, 0.1) is 0 Å². The summed E-state index contributed by atoms with van der Waals surface area (Å²) < 4.78 is 0. The van der Waals surface area contributed by atoms with Gasteiger partial charge in [0, 0.05) is 5.75 Å². The van der Waals surface area contributed by atoms with E-state index in [1.807, 2.05) is 6.08 Å². The lowest BCUT2D eigenvalue weighted by Gasteiger charge is -1.81. The van der Waals surface area contributed by atoms with Crippen molar-refractivity contribution in [3.05, 3.63) is 12.2 Å². The number of nitrogens with zero attached hydrogens (tertiary/aromatic N) is 1. The number of rotatable bonds is 4. The second kappa shape index (κ2) is 7.89. The lowest BCUT2D eigenvalue weighted by atomic mass is 10.5. The Morgan fingerprint density at radius 3 is 3.00 bits per heavy atom. The van der Waals surface area contributed by atoms with Crippen molar-refractivity contribution >= 4 is 29.1 Å². The summed E-state index contributed by atoms with van der Waals surface area (Å²) in [5.41, 5.74) is 0. The lowest BCUT2D eigenvalue weighted by Crippen LogP contribution is -1.71. The van der Waals surface area contributed by atoms with E-state index in [9.17, 15) is 0 Å². The quantitative estimate of drug-likeness (QED) is 0.353. The normalized spacial score (nSPS) is 9.44. The first-order valence-electron chi connectivity index (χ1n) is 2.59. The van der Waals surface area contributed by atoms with Gasteiger partial charge >= 0.3 is 0 Å². The Labute approximate surface area is 65.3 Å². The van der Waals surface area contributed by atoms with E-state index in [1.165, 1.54) is 0 Å². The van der Waals surface area contributed by atoms with Gasteiger partial charge in [-0.25, -0.2) is 4.99 Å². The van der Waals surface area contributed by atoms with E-state index < -0.39 is 0 Å². The maximum atomic E-state index is 4.37.